The molecule has 2 fully saturated rings. The molecule has 2 aliphatic rings. The normalized spacial score (nSPS) is 25.6. The highest BCUT2D eigenvalue weighted by Gasteiger charge is 2.49. The van der Waals surface area contributed by atoms with Gasteiger partial charge in [0.05, 0.1) is 32.0 Å². The van der Waals surface area contributed by atoms with Crippen LogP contribution in [0.15, 0.2) is 12.7 Å². The van der Waals surface area contributed by atoms with Gasteiger partial charge >= 0.3 is 0 Å². The van der Waals surface area contributed by atoms with Gasteiger partial charge in [-0.05, 0) is 6.92 Å². The van der Waals surface area contributed by atoms with E-state index >= 15 is 0 Å². The smallest absolute Gasteiger partial charge is 0.280 e. The topological polar surface area (TPSA) is 719 Å². The number of H-pyrrole nitrogens is 2. The third-order valence-corrected chi connectivity index (χ3v) is 18.5. The molecule has 18 N–H and O–H groups in total. The number of aliphatic hydroxyl groups is 3. The van der Waals surface area contributed by atoms with Gasteiger partial charge in [-0.2, -0.15) is 0 Å². The van der Waals surface area contributed by atoms with E-state index in [4.69, 9.17) is 76.1 Å². The number of fused-ring (bicyclic) bond motifs is 2. The minimum absolute atomic E-state index is 0.0104. The SMILES string of the molecule is CC(O)C(N)C(=O)NCCNC(=O)CO[C@H]1C(O)[C@@H](COP(=O)([O-])OP(=O)([O-])OP(=O)([O-])O)O[C@H]1n1cnc2c(=S)nc(N)[nH]c21.NCCNC(=O)CO[C@H]1C(O)[C@@H](COP(=O)([O-])OP(=O)([O-])OP(=O)([O-])O)O[C@H]1n1cnc2c(=S)nc(N)[nH]c21. The molecule has 2 saturated heterocycles. The number of aromatic amines is 2. The lowest BCUT2D eigenvalue weighted by molar-refractivity contribution is -0.254. The Morgan fingerprint density at radius 1 is 0.682 bits per heavy atom. The molecular formula is C32H49N15O30P6S2-6. The Kier molecular flexibility index (Phi) is 24.9. The summed E-state index contributed by atoms with van der Waals surface area (Å²) in [6, 6.07) is -1.19. The van der Waals surface area contributed by atoms with Crippen LogP contribution in [0.3, 0.4) is 0 Å². The number of nitrogens with zero attached hydrogens (tertiary/aromatic N) is 6. The fraction of sp³-hybridized carbons (Fsp3) is 0.594. The minimum atomic E-state index is -6.19. The number of aliphatic hydroxyl groups excluding tert-OH is 3. The highest BCUT2D eigenvalue weighted by molar-refractivity contribution is 7.71. The second-order valence-electron chi connectivity index (χ2n) is 16.9. The average Bonchev–Trinajstić information content (AvgIpc) is 4.12. The zero-order valence-corrected chi connectivity index (χ0v) is 49.5. The summed E-state index contributed by atoms with van der Waals surface area (Å²) in [6.07, 6.45) is -11.1. The first kappa shape index (κ1) is 71.8. The number of nitrogen functional groups attached to an aromatic ring is 2. The zero-order valence-electron chi connectivity index (χ0n) is 42.5. The molecule has 6 heterocycles. The van der Waals surface area contributed by atoms with Crippen LogP contribution in [0.1, 0.15) is 19.4 Å². The van der Waals surface area contributed by atoms with Gasteiger partial charge in [0.2, 0.25) is 17.7 Å². The molecule has 4 aromatic heterocycles. The number of ether oxygens (including phenoxy) is 4. The molecule has 0 radical (unpaired) electrons. The second-order valence-corrected chi connectivity index (χ2v) is 26.3. The molecule has 45 nitrogen and oxygen atoms in total. The van der Waals surface area contributed by atoms with E-state index in [1.165, 1.54) is 28.7 Å². The van der Waals surface area contributed by atoms with E-state index in [9.17, 15) is 86.5 Å². The van der Waals surface area contributed by atoms with Crippen LogP contribution in [0, 0.1) is 9.28 Å². The van der Waals surface area contributed by atoms with Crippen molar-refractivity contribution in [3.05, 3.63) is 21.9 Å². The Balaban J connectivity index is 0.000000315. The summed E-state index contributed by atoms with van der Waals surface area (Å²) in [4.78, 5) is 142. The van der Waals surface area contributed by atoms with Gasteiger partial charge in [0.25, 0.3) is 46.9 Å². The van der Waals surface area contributed by atoms with Gasteiger partial charge in [0.15, 0.2) is 33.6 Å². The number of carbonyl (C=O) groups is 3. The summed E-state index contributed by atoms with van der Waals surface area (Å²) >= 11 is 10.2. The van der Waals surface area contributed by atoms with Crippen molar-refractivity contribution in [3.8, 4) is 0 Å². The van der Waals surface area contributed by atoms with Crippen molar-refractivity contribution in [3.63, 3.8) is 0 Å². The Morgan fingerprint density at radius 3 is 1.42 bits per heavy atom. The predicted molar refractivity (Wildman–Crippen MR) is 268 cm³/mol. The molecule has 10 unspecified atom stereocenters. The molecule has 16 atom stereocenters. The Morgan fingerprint density at radius 2 is 1.06 bits per heavy atom. The highest BCUT2D eigenvalue weighted by Crippen LogP contribution is 2.62. The number of aromatic nitrogens is 8. The molecule has 0 aliphatic carbocycles. The van der Waals surface area contributed by atoms with Crippen LogP contribution in [-0.4, -0.2) is 183 Å². The van der Waals surface area contributed by atoms with Gasteiger partial charge in [-0.25, -0.2) is 37.2 Å². The van der Waals surface area contributed by atoms with Crippen LogP contribution in [0.2, 0.25) is 0 Å². The summed E-state index contributed by atoms with van der Waals surface area (Å²) in [5.41, 5.74) is 22.8. The van der Waals surface area contributed by atoms with E-state index in [1.807, 2.05) is 0 Å². The van der Waals surface area contributed by atoms with Gasteiger partial charge in [0.1, 0.15) is 78.2 Å². The third-order valence-electron chi connectivity index (χ3n) is 10.6. The molecule has 3 amide bonds. The highest BCUT2D eigenvalue weighted by atomic mass is 32.1. The molecule has 4 aromatic rings. The summed E-state index contributed by atoms with van der Waals surface area (Å²) in [6.45, 7) is -2.15. The lowest BCUT2D eigenvalue weighted by atomic mass is 10.1. The van der Waals surface area contributed by atoms with Crippen molar-refractivity contribution in [1.82, 2.24) is 55.0 Å². The summed E-state index contributed by atoms with van der Waals surface area (Å²) in [7, 11) is -36.1. The van der Waals surface area contributed by atoms with Crippen molar-refractivity contribution in [2.45, 2.75) is 68.1 Å². The molecular weight excluding hydrogens is 1320 g/mol. The van der Waals surface area contributed by atoms with Crippen LogP contribution in [0.5, 0.6) is 0 Å². The predicted octanol–water partition coefficient (Wildman–Crippen LogP) is -8.66. The van der Waals surface area contributed by atoms with Gasteiger partial charge in [-0.15, -0.1) is 0 Å². The van der Waals surface area contributed by atoms with Crippen molar-refractivity contribution >= 4 is 123 Å². The number of anilines is 2. The number of nitrogens with two attached hydrogens (primary N) is 4. The lowest BCUT2D eigenvalue weighted by Gasteiger charge is -2.33. The summed E-state index contributed by atoms with van der Waals surface area (Å²) < 4.78 is 115. The monoisotopic (exact) mass is 1370 g/mol. The van der Waals surface area contributed by atoms with Gasteiger partial charge in [-0.3, -0.25) is 50.9 Å². The number of hydrogen-bond acceptors (Lipinski definition) is 38. The Bertz CT molecular complexity index is 3460. The van der Waals surface area contributed by atoms with E-state index in [2.05, 4.69) is 72.1 Å². The van der Waals surface area contributed by atoms with Crippen LogP contribution < -0.4 is 68.2 Å². The third kappa shape index (κ3) is 21.4. The number of rotatable bonds is 29. The van der Waals surface area contributed by atoms with Crippen LogP contribution in [0.25, 0.3) is 22.3 Å². The average molecular weight is 1370 g/mol. The first-order chi connectivity index (χ1) is 39.2. The fourth-order valence-corrected chi connectivity index (χ4v) is 13.4. The molecule has 53 heteroatoms. The van der Waals surface area contributed by atoms with E-state index in [-0.39, 0.29) is 69.7 Å². The van der Waals surface area contributed by atoms with E-state index < -0.39 is 152 Å². The van der Waals surface area contributed by atoms with Crippen LogP contribution >= 0.6 is 71.4 Å². The number of nitrogens with one attached hydrogen (secondary N) is 5. The minimum Gasteiger partial charge on any atom is -0.756 e. The lowest BCUT2D eigenvalue weighted by Crippen LogP contribution is -2.49. The largest absolute Gasteiger partial charge is 0.756 e. The molecule has 0 spiro atoms. The number of imidazole rings is 2. The molecule has 0 saturated carbocycles. The van der Waals surface area contributed by atoms with Crippen molar-refractivity contribution in [1.29, 1.82) is 0 Å². The van der Waals surface area contributed by atoms with Gasteiger partial charge in [0, 0.05) is 26.2 Å². The number of phosphoric ester groups is 2. The molecule has 85 heavy (non-hydrogen) atoms. The second kappa shape index (κ2) is 29.5. The Hall–Kier alpha value is -3.99. The zero-order chi connectivity index (χ0) is 63.8. The molecule has 0 bridgehead atoms. The van der Waals surface area contributed by atoms with Crippen molar-refractivity contribution < 1.29 is 141 Å². The standard InChI is InChI=1S/C18H31N8O16P3S.C14H24N7O14P3S/c1-7(27)10(19)15(30)22-3-2-21-9(28)5-38-13-12(29)8(4-39-44(34,35)42-45(36,37)41-43(31,32)33)40-17(13)26-6-23-11-14(26)24-18(20)25-16(11)46;15-1-2-17-7(22)4-31-10-9(23)6(3-32-37(27,28)35-38(29,30)34-36(24,25)26)33-13(10)21-5-18-8-11(21)19-14(16)20-12(8)39/h6-8,10,12-13,17,27,29H,2-5,19H2,1H3,(H,21,28)(H,22,30)(H,34,35)(H,36,37)(H2,31,32,33)(H3,20,24,25,46);5-6,9-10,13,23H,1-4,15H2,(H,17,22)(H,27,28)(H,29,30)(H2,24,25,26)(H3,16,19,20,39)/p-6/t7?,8-,10?,12?,13+,17-;6-,9?,10+,13-/m11/s1. The van der Waals surface area contributed by atoms with Crippen molar-refractivity contribution in [2.24, 2.45) is 11.5 Å². The maximum Gasteiger partial charge on any atom is 0.280 e. The molecule has 2 aliphatic heterocycles. The number of phosphoric acid groups is 6. The molecule has 6 rings (SSSR count). The number of carbonyl (C=O) groups excluding carboxylic acids is 3. The quantitative estimate of drug-likeness (QED) is 0.0136. The van der Waals surface area contributed by atoms with E-state index in [0.29, 0.717) is 0 Å². The van der Waals surface area contributed by atoms with Gasteiger partial charge < -0.3 is 131 Å². The maximum absolute atomic E-state index is 12.4. The maximum atomic E-state index is 12.4. The summed E-state index contributed by atoms with van der Waals surface area (Å²) in [5.74, 6) is -2.27. The van der Waals surface area contributed by atoms with E-state index in [0.717, 1.165) is 0 Å². The number of amides is 3. The first-order valence-electron chi connectivity index (χ1n) is 23.0. The van der Waals surface area contributed by atoms with Crippen molar-refractivity contribution in [2.75, 3.05) is 64.1 Å². The molecule has 480 valence electrons. The van der Waals surface area contributed by atoms with Gasteiger partial charge in [-0.1, -0.05) is 24.4 Å². The van der Waals surface area contributed by atoms with Crippen LogP contribution in [-0.2, 0) is 87.0 Å². The first-order valence-corrected chi connectivity index (χ1v) is 32.6. The van der Waals surface area contributed by atoms with Crippen LogP contribution in [0.4, 0.5) is 11.9 Å². The Labute approximate surface area is 483 Å². The summed E-state index contributed by atoms with van der Waals surface area (Å²) in [5, 5.41) is 38.3. The number of hydrogen-bond donors (Lipinski definition) is 14. The van der Waals surface area contributed by atoms with E-state index in [1.54, 1.807) is 0 Å². The molecule has 0 aromatic carbocycles. The fourth-order valence-electron chi connectivity index (χ4n) is 7.10.